The summed E-state index contributed by atoms with van der Waals surface area (Å²) < 4.78 is 18.4. The lowest BCUT2D eigenvalue weighted by Crippen LogP contribution is -2.43. The fourth-order valence-electron chi connectivity index (χ4n) is 2.24. The summed E-state index contributed by atoms with van der Waals surface area (Å²) >= 11 is 5.71. The predicted octanol–water partition coefficient (Wildman–Crippen LogP) is 2.95. The van der Waals surface area contributed by atoms with Gasteiger partial charge in [-0.2, -0.15) is 0 Å². The number of nitrogens with one attached hydrogen (secondary N) is 1. The number of hydrogen-bond donors (Lipinski definition) is 1. The van der Waals surface area contributed by atoms with Gasteiger partial charge >= 0.3 is 5.97 Å². The molecular weight excluding hydrogens is 361 g/mol. The number of esters is 1. The molecule has 1 atom stereocenters. The average molecular weight is 378 g/mol. The number of ether oxygens (including phenoxy) is 1. The van der Waals surface area contributed by atoms with E-state index < -0.39 is 30.3 Å². The highest BCUT2D eigenvalue weighted by molar-refractivity contribution is 6.30. The third kappa shape index (κ3) is 5.67. The molecule has 0 fully saturated rings. The van der Waals surface area contributed by atoms with E-state index in [4.69, 9.17) is 16.3 Å². The SMILES string of the molecule is CC(=O)[C@@H](Cc1ccccc1)NC(=O)COC(=O)c1cc(Cl)ccc1F. The molecule has 0 aliphatic heterocycles. The number of hydrogen-bond acceptors (Lipinski definition) is 4. The molecule has 2 aromatic carbocycles. The normalized spacial score (nSPS) is 11.5. The van der Waals surface area contributed by atoms with Crippen molar-refractivity contribution in [3.63, 3.8) is 0 Å². The monoisotopic (exact) mass is 377 g/mol. The minimum atomic E-state index is -1.01. The average Bonchev–Trinajstić information content (AvgIpc) is 2.62. The largest absolute Gasteiger partial charge is 0.452 e. The van der Waals surface area contributed by atoms with E-state index in [9.17, 15) is 18.8 Å². The van der Waals surface area contributed by atoms with Crippen LogP contribution >= 0.6 is 11.6 Å². The van der Waals surface area contributed by atoms with Crippen LogP contribution in [0.1, 0.15) is 22.8 Å². The summed E-state index contributed by atoms with van der Waals surface area (Å²) in [6.45, 7) is 0.727. The van der Waals surface area contributed by atoms with Gasteiger partial charge in [-0.3, -0.25) is 9.59 Å². The Morgan fingerprint density at radius 1 is 1.15 bits per heavy atom. The molecule has 0 heterocycles. The predicted molar refractivity (Wildman–Crippen MR) is 94.5 cm³/mol. The molecule has 0 unspecified atom stereocenters. The molecule has 0 aliphatic carbocycles. The fraction of sp³-hybridized carbons (Fsp3) is 0.211. The first-order valence-corrected chi connectivity index (χ1v) is 8.20. The summed E-state index contributed by atoms with van der Waals surface area (Å²) in [5.74, 6) is -2.69. The summed E-state index contributed by atoms with van der Waals surface area (Å²) in [4.78, 5) is 35.6. The van der Waals surface area contributed by atoms with Crippen LogP contribution < -0.4 is 5.32 Å². The minimum Gasteiger partial charge on any atom is -0.452 e. The molecule has 136 valence electrons. The van der Waals surface area contributed by atoms with E-state index in [-0.39, 0.29) is 16.4 Å². The van der Waals surface area contributed by atoms with Gasteiger partial charge in [0.25, 0.3) is 5.91 Å². The van der Waals surface area contributed by atoms with Gasteiger partial charge in [-0.1, -0.05) is 41.9 Å². The Kier molecular flexibility index (Phi) is 6.86. The van der Waals surface area contributed by atoms with Gasteiger partial charge in [0, 0.05) is 5.02 Å². The van der Waals surface area contributed by atoms with Crippen LogP contribution in [0.2, 0.25) is 5.02 Å². The Labute approximate surface area is 155 Å². The van der Waals surface area contributed by atoms with Crippen molar-refractivity contribution < 1.29 is 23.5 Å². The number of rotatable bonds is 7. The maximum Gasteiger partial charge on any atom is 0.341 e. The van der Waals surface area contributed by atoms with Crippen molar-refractivity contribution in [1.29, 1.82) is 0 Å². The van der Waals surface area contributed by atoms with Crippen molar-refractivity contribution in [3.05, 3.63) is 70.5 Å². The van der Waals surface area contributed by atoms with Crippen LogP contribution in [0.3, 0.4) is 0 Å². The van der Waals surface area contributed by atoms with E-state index in [1.165, 1.54) is 13.0 Å². The standard InChI is InChI=1S/C19H17ClFNO4/c1-12(23)17(9-13-5-3-2-4-6-13)22-18(24)11-26-19(25)15-10-14(20)7-8-16(15)21/h2-8,10,17H,9,11H2,1H3,(H,22,24)/t17-/m1/s1. The van der Waals surface area contributed by atoms with Crippen molar-refractivity contribution in [2.45, 2.75) is 19.4 Å². The third-order valence-electron chi connectivity index (χ3n) is 3.59. The van der Waals surface area contributed by atoms with Crippen LogP contribution in [-0.2, 0) is 20.7 Å². The smallest absolute Gasteiger partial charge is 0.341 e. The number of amides is 1. The molecule has 0 radical (unpaired) electrons. The van der Waals surface area contributed by atoms with Crippen LogP contribution in [-0.4, -0.2) is 30.3 Å². The van der Waals surface area contributed by atoms with E-state index >= 15 is 0 Å². The lowest BCUT2D eigenvalue weighted by Gasteiger charge is -2.16. The molecule has 0 saturated carbocycles. The van der Waals surface area contributed by atoms with Crippen LogP contribution in [0.15, 0.2) is 48.5 Å². The van der Waals surface area contributed by atoms with E-state index in [1.807, 2.05) is 30.3 Å². The summed E-state index contributed by atoms with van der Waals surface area (Å²) in [6, 6.07) is 11.9. The highest BCUT2D eigenvalue weighted by atomic mass is 35.5. The molecule has 2 rings (SSSR count). The number of carbonyl (C=O) groups excluding carboxylic acids is 3. The molecule has 0 saturated heterocycles. The van der Waals surface area contributed by atoms with Crippen molar-refractivity contribution in [1.82, 2.24) is 5.32 Å². The number of carbonyl (C=O) groups is 3. The quantitative estimate of drug-likeness (QED) is 0.753. The zero-order chi connectivity index (χ0) is 19.1. The molecule has 0 aromatic heterocycles. The van der Waals surface area contributed by atoms with Gasteiger partial charge in [0.15, 0.2) is 12.4 Å². The number of benzene rings is 2. The molecule has 26 heavy (non-hydrogen) atoms. The molecule has 5 nitrogen and oxygen atoms in total. The van der Waals surface area contributed by atoms with E-state index in [2.05, 4.69) is 5.32 Å². The summed E-state index contributed by atoms with van der Waals surface area (Å²) in [5.41, 5.74) is 0.517. The Morgan fingerprint density at radius 3 is 2.50 bits per heavy atom. The lowest BCUT2D eigenvalue weighted by atomic mass is 10.0. The molecule has 1 N–H and O–H groups in total. The van der Waals surface area contributed by atoms with Gasteiger partial charge < -0.3 is 10.1 Å². The zero-order valence-corrected chi connectivity index (χ0v) is 14.8. The van der Waals surface area contributed by atoms with Crippen molar-refractivity contribution >= 4 is 29.3 Å². The Hall–Kier alpha value is -2.73. The second-order valence-corrected chi connectivity index (χ2v) is 6.06. The second kappa shape index (κ2) is 9.10. The molecule has 0 aliphatic rings. The molecule has 2 aromatic rings. The maximum absolute atomic E-state index is 13.6. The van der Waals surface area contributed by atoms with Crippen LogP contribution in [0, 0.1) is 5.82 Å². The minimum absolute atomic E-state index is 0.169. The molecular formula is C19H17ClFNO4. The van der Waals surface area contributed by atoms with Gasteiger partial charge in [0.1, 0.15) is 5.82 Å². The van der Waals surface area contributed by atoms with Gasteiger partial charge in [-0.15, -0.1) is 0 Å². The Morgan fingerprint density at radius 2 is 1.85 bits per heavy atom. The van der Waals surface area contributed by atoms with Crippen LogP contribution in [0.25, 0.3) is 0 Å². The number of Topliss-reactive ketones (excluding diaryl/α,β-unsaturated/α-hetero) is 1. The third-order valence-corrected chi connectivity index (χ3v) is 3.83. The molecule has 1 amide bonds. The zero-order valence-electron chi connectivity index (χ0n) is 14.0. The number of halogens is 2. The van der Waals surface area contributed by atoms with Gasteiger partial charge in [0.05, 0.1) is 11.6 Å². The Bertz CT molecular complexity index is 810. The van der Waals surface area contributed by atoms with E-state index in [0.29, 0.717) is 6.42 Å². The van der Waals surface area contributed by atoms with Gasteiger partial charge in [-0.05, 0) is 37.1 Å². The van der Waals surface area contributed by atoms with Gasteiger partial charge in [0.2, 0.25) is 0 Å². The fourth-order valence-corrected chi connectivity index (χ4v) is 2.42. The first kappa shape index (κ1) is 19.6. The van der Waals surface area contributed by atoms with Crippen LogP contribution in [0.5, 0.6) is 0 Å². The van der Waals surface area contributed by atoms with Crippen molar-refractivity contribution in [3.8, 4) is 0 Å². The first-order chi connectivity index (χ1) is 12.4. The topological polar surface area (TPSA) is 72.5 Å². The van der Waals surface area contributed by atoms with Crippen molar-refractivity contribution in [2.24, 2.45) is 0 Å². The molecule has 0 spiro atoms. The summed E-state index contributed by atoms with van der Waals surface area (Å²) in [7, 11) is 0. The summed E-state index contributed by atoms with van der Waals surface area (Å²) in [6.07, 6.45) is 0.318. The highest BCUT2D eigenvalue weighted by Crippen LogP contribution is 2.15. The number of ketones is 1. The first-order valence-electron chi connectivity index (χ1n) is 7.82. The molecule has 7 heteroatoms. The van der Waals surface area contributed by atoms with E-state index in [1.54, 1.807) is 0 Å². The van der Waals surface area contributed by atoms with Gasteiger partial charge in [-0.25, -0.2) is 9.18 Å². The Balaban J connectivity index is 1.92. The summed E-state index contributed by atoms with van der Waals surface area (Å²) in [5, 5.41) is 2.68. The van der Waals surface area contributed by atoms with Crippen LogP contribution in [0.4, 0.5) is 4.39 Å². The van der Waals surface area contributed by atoms with E-state index in [0.717, 1.165) is 17.7 Å². The lowest BCUT2D eigenvalue weighted by molar-refractivity contribution is -0.128. The second-order valence-electron chi connectivity index (χ2n) is 5.62. The van der Waals surface area contributed by atoms with Crippen molar-refractivity contribution in [2.75, 3.05) is 6.61 Å². The molecule has 0 bridgehead atoms. The maximum atomic E-state index is 13.6. The highest BCUT2D eigenvalue weighted by Gasteiger charge is 2.20.